The van der Waals surface area contributed by atoms with Gasteiger partial charge in [0.25, 0.3) is 0 Å². The molecule has 1 saturated heterocycles. The quantitative estimate of drug-likeness (QED) is 0.701. The third-order valence-corrected chi connectivity index (χ3v) is 3.05. The van der Waals surface area contributed by atoms with E-state index in [2.05, 4.69) is 24.1 Å². The van der Waals surface area contributed by atoms with Crippen LogP contribution in [0.5, 0.6) is 0 Å². The lowest BCUT2D eigenvalue weighted by atomic mass is 10.1. The first-order valence-corrected chi connectivity index (χ1v) is 6.80. The van der Waals surface area contributed by atoms with Gasteiger partial charge in [-0.05, 0) is 51.4 Å². The fourth-order valence-electron chi connectivity index (χ4n) is 1.93. The second kappa shape index (κ2) is 8.97. The van der Waals surface area contributed by atoms with Crippen molar-refractivity contribution in [1.82, 2.24) is 10.2 Å². The molecule has 1 aliphatic heterocycles. The number of nitrogens with one attached hydrogen (secondary N) is 1. The van der Waals surface area contributed by atoms with Gasteiger partial charge in [-0.3, -0.25) is 0 Å². The molecule has 0 radical (unpaired) electrons. The van der Waals surface area contributed by atoms with Crippen molar-refractivity contribution in [2.75, 3.05) is 45.9 Å². The monoisotopic (exact) mass is 228 g/mol. The zero-order valence-electron chi connectivity index (χ0n) is 11.0. The van der Waals surface area contributed by atoms with Crippen LogP contribution in [-0.4, -0.2) is 50.8 Å². The van der Waals surface area contributed by atoms with Gasteiger partial charge in [0.15, 0.2) is 0 Å². The van der Waals surface area contributed by atoms with Crippen molar-refractivity contribution < 1.29 is 4.74 Å². The number of nitrogens with zero attached hydrogens (tertiary/aromatic N) is 1. The van der Waals surface area contributed by atoms with Gasteiger partial charge in [0.1, 0.15) is 0 Å². The Morgan fingerprint density at radius 3 is 2.44 bits per heavy atom. The molecule has 0 unspecified atom stereocenters. The van der Waals surface area contributed by atoms with E-state index in [9.17, 15) is 0 Å². The largest absolute Gasteiger partial charge is 0.380 e. The zero-order chi connectivity index (χ0) is 11.6. The molecule has 0 amide bonds. The van der Waals surface area contributed by atoms with Gasteiger partial charge in [0.05, 0.1) is 6.61 Å². The number of hydrogen-bond acceptors (Lipinski definition) is 3. The predicted octanol–water partition coefficient (Wildman–Crippen LogP) is 1.73. The van der Waals surface area contributed by atoms with Crippen LogP contribution in [0.2, 0.25) is 0 Å². The maximum Gasteiger partial charge on any atom is 0.0593 e. The molecule has 0 aromatic rings. The summed E-state index contributed by atoms with van der Waals surface area (Å²) >= 11 is 0. The third-order valence-electron chi connectivity index (χ3n) is 3.05. The van der Waals surface area contributed by atoms with Crippen LogP contribution >= 0.6 is 0 Å². The van der Waals surface area contributed by atoms with Gasteiger partial charge in [-0.2, -0.15) is 0 Å². The summed E-state index contributed by atoms with van der Waals surface area (Å²) in [4.78, 5) is 2.54. The normalized spacial score (nSPS) is 19.7. The minimum Gasteiger partial charge on any atom is -0.380 e. The summed E-state index contributed by atoms with van der Waals surface area (Å²) in [7, 11) is 0. The molecule has 0 aromatic carbocycles. The highest BCUT2D eigenvalue weighted by atomic mass is 16.5. The smallest absolute Gasteiger partial charge is 0.0593 e. The van der Waals surface area contributed by atoms with Crippen molar-refractivity contribution in [2.45, 2.75) is 33.1 Å². The molecule has 0 aromatic heterocycles. The van der Waals surface area contributed by atoms with Gasteiger partial charge in [-0.15, -0.1) is 0 Å². The summed E-state index contributed by atoms with van der Waals surface area (Å²) in [6.07, 6.45) is 3.72. The molecule has 3 heteroatoms. The number of rotatable bonds is 6. The Morgan fingerprint density at radius 2 is 1.81 bits per heavy atom. The highest BCUT2D eigenvalue weighted by molar-refractivity contribution is 4.63. The predicted molar refractivity (Wildman–Crippen MR) is 68.8 cm³/mol. The molecule has 1 fully saturated rings. The Hall–Kier alpha value is -0.120. The summed E-state index contributed by atoms with van der Waals surface area (Å²) in [5.74, 6) is 0.757. The maximum absolute atomic E-state index is 5.66. The van der Waals surface area contributed by atoms with E-state index in [-0.39, 0.29) is 0 Å². The molecule has 1 aliphatic rings. The summed E-state index contributed by atoms with van der Waals surface area (Å²) < 4.78 is 5.66. The first kappa shape index (κ1) is 13.9. The first-order valence-electron chi connectivity index (χ1n) is 6.80. The fourth-order valence-corrected chi connectivity index (χ4v) is 1.93. The van der Waals surface area contributed by atoms with Crippen LogP contribution in [0.4, 0.5) is 0 Å². The highest BCUT2D eigenvalue weighted by Gasteiger charge is 2.06. The van der Waals surface area contributed by atoms with Crippen LogP contribution in [0.3, 0.4) is 0 Å². The van der Waals surface area contributed by atoms with E-state index in [1.54, 1.807) is 0 Å². The van der Waals surface area contributed by atoms with Crippen LogP contribution in [0.25, 0.3) is 0 Å². The van der Waals surface area contributed by atoms with Gasteiger partial charge in [-0.1, -0.05) is 13.8 Å². The Labute approximate surface area is 101 Å². The summed E-state index contributed by atoms with van der Waals surface area (Å²) in [6, 6.07) is 0. The molecule has 1 rings (SSSR count). The van der Waals surface area contributed by atoms with E-state index in [4.69, 9.17) is 4.74 Å². The van der Waals surface area contributed by atoms with Gasteiger partial charge >= 0.3 is 0 Å². The number of ether oxygens (including phenoxy) is 1. The van der Waals surface area contributed by atoms with Gasteiger partial charge in [-0.25, -0.2) is 0 Å². The van der Waals surface area contributed by atoms with E-state index in [1.165, 1.54) is 45.4 Å². The summed E-state index contributed by atoms with van der Waals surface area (Å²) in [6.45, 7) is 12.2. The lowest BCUT2D eigenvalue weighted by Crippen LogP contribution is -2.35. The average molecular weight is 228 g/mol. The van der Waals surface area contributed by atoms with E-state index in [1.807, 2.05) is 0 Å². The standard InChI is InChI=1S/C13H28N2O/c1-13(2)5-11-16-12-10-15-8-3-6-14-7-4-9-15/h13-14H,3-12H2,1-2H3. The molecule has 16 heavy (non-hydrogen) atoms. The van der Waals surface area contributed by atoms with Crippen LogP contribution in [-0.2, 0) is 4.74 Å². The van der Waals surface area contributed by atoms with Gasteiger partial charge in [0, 0.05) is 13.2 Å². The van der Waals surface area contributed by atoms with Crippen molar-refractivity contribution in [3.8, 4) is 0 Å². The Bertz CT molecular complexity index is 154. The second-order valence-corrected chi connectivity index (χ2v) is 5.09. The first-order chi connectivity index (χ1) is 7.79. The lowest BCUT2D eigenvalue weighted by Gasteiger charge is -2.24. The third kappa shape index (κ3) is 7.20. The van der Waals surface area contributed by atoms with E-state index in [0.29, 0.717) is 0 Å². The minimum atomic E-state index is 0.757. The van der Waals surface area contributed by atoms with Crippen molar-refractivity contribution >= 4 is 0 Å². The Balaban J connectivity index is 1.97. The second-order valence-electron chi connectivity index (χ2n) is 5.09. The molecule has 1 N–H and O–H groups in total. The molecule has 1 heterocycles. The average Bonchev–Trinajstić information content (AvgIpc) is 2.19. The fraction of sp³-hybridized carbons (Fsp3) is 1.00. The molecular weight excluding hydrogens is 200 g/mol. The van der Waals surface area contributed by atoms with Crippen LogP contribution < -0.4 is 5.32 Å². The van der Waals surface area contributed by atoms with Crippen molar-refractivity contribution in [2.24, 2.45) is 5.92 Å². The van der Waals surface area contributed by atoms with Gasteiger partial charge in [0.2, 0.25) is 0 Å². The molecule has 0 bridgehead atoms. The molecule has 0 spiro atoms. The zero-order valence-corrected chi connectivity index (χ0v) is 11.0. The molecular formula is C13H28N2O. The molecule has 96 valence electrons. The topological polar surface area (TPSA) is 24.5 Å². The maximum atomic E-state index is 5.66. The van der Waals surface area contributed by atoms with Crippen molar-refractivity contribution in [3.05, 3.63) is 0 Å². The molecule has 0 saturated carbocycles. The van der Waals surface area contributed by atoms with E-state index in [0.717, 1.165) is 25.7 Å². The number of hydrogen-bond donors (Lipinski definition) is 1. The van der Waals surface area contributed by atoms with Crippen LogP contribution in [0.1, 0.15) is 33.1 Å². The van der Waals surface area contributed by atoms with Crippen molar-refractivity contribution in [1.29, 1.82) is 0 Å². The van der Waals surface area contributed by atoms with E-state index < -0.39 is 0 Å². The van der Waals surface area contributed by atoms with Crippen LogP contribution in [0, 0.1) is 5.92 Å². The van der Waals surface area contributed by atoms with E-state index >= 15 is 0 Å². The molecule has 0 aliphatic carbocycles. The SMILES string of the molecule is CC(C)CCOCCN1CCCNCCC1. The molecule has 0 atom stereocenters. The summed E-state index contributed by atoms with van der Waals surface area (Å²) in [5.41, 5.74) is 0. The summed E-state index contributed by atoms with van der Waals surface area (Å²) in [5, 5.41) is 3.44. The lowest BCUT2D eigenvalue weighted by molar-refractivity contribution is 0.0939. The van der Waals surface area contributed by atoms with Gasteiger partial charge < -0.3 is 15.0 Å². The Morgan fingerprint density at radius 1 is 1.12 bits per heavy atom. The minimum absolute atomic E-state index is 0.757. The van der Waals surface area contributed by atoms with Crippen molar-refractivity contribution in [3.63, 3.8) is 0 Å². The molecule has 3 nitrogen and oxygen atoms in total. The Kier molecular flexibility index (Phi) is 7.81. The highest BCUT2D eigenvalue weighted by Crippen LogP contribution is 2.00. The van der Waals surface area contributed by atoms with Crippen LogP contribution in [0.15, 0.2) is 0 Å².